The van der Waals surface area contributed by atoms with Crippen molar-refractivity contribution in [1.29, 1.82) is 0 Å². The second-order valence-electron chi connectivity index (χ2n) is 14.2. The van der Waals surface area contributed by atoms with Crippen LogP contribution in [0.5, 0.6) is 5.75 Å². The minimum Gasteiger partial charge on any atom is -0.508 e. The maximum atomic E-state index is 12.3. The number of phenolic OH excluding ortho intramolecular Hbond substituents is 1. The van der Waals surface area contributed by atoms with Crippen LogP contribution in [0.1, 0.15) is 127 Å². The van der Waals surface area contributed by atoms with Gasteiger partial charge in [-0.3, -0.25) is 4.79 Å². The number of unbranched alkanes of at least 4 members (excludes halogenated alkanes) is 8. The molecule has 1 aromatic carbocycles. The predicted molar refractivity (Wildman–Crippen MR) is 160 cm³/mol. The Morgan fingerprint density at radius 1 is 1.02 bits per heavy atom. The summed E-state index contributed by atoms with van der Waals surface area (Å²) in [5, 5.41) is 22.1. The molecule has 1 aromatic rings. The number of hydrogen-bond donors (Lipinski definition) is 2. The van der Waals surface area contributed by atoms with Gasteiger partial charge < -0.3 is 19.8 Å². The molecule has 0 spiro atoms. The van der Waals surface area contributed by atoms with Crippen molar-refractivity contribution >= 4 is 5.97 Å². The molecule has 1 heterocycles. The zero-order valence-corrected chi connectivity index (χ0v) is 25.5. The molecule has 1 aliphatic heterocycles. The Bertz CT molecular complexity index is 1010. The first-order chi connectivity index (χ1) is 19.3. The summed E-state index contributed by atoms with van der Waals surface area (Å²) in [6.07, 6.45) is 18.1. The molecular formula is C35H55NO4. The van der Waals surface area contributed by atoms with Crippen LogP contribution in [-0.2, 0) is 16.0 Å². The second kappa shape index (κ2) is 12.7. The van der Waals surface area contributed by atoms with E-state index in [4.69, 9.17) is 4.74 Å². The van der Waals surface area contributed by atoms with Crippen LogP contribution in [0.2, 0.25) is 0 Å². The molecule has 1 saturated heterocycles. The number of aliphatic hydroxyl groups is 1. The summed E-state index contributed by atoms with van der Waals surface area (Å²) in [6.45, 7) is 6.94. The number of aromatic hydroxyl groups is 1. The first kappa shape index (κ1) is 29.9. The van der Waals surface area contributed by atoms with Crippen molar-refractivity contribution in [3.05, 3.63) is 29.3 Å². The topological polar surface area (TPSA) is 70.0 Å². The Labute approximate surface area is 243 Å². The normalized spacial score (nSPS) is 34.3. The number of carbonyl (C=O) groups excluding carboxylic acids is 1. The highest BCUT2D eigenvalue weighted by atomic mass is 16.6. The highest BCUT2D eigenvalue weighted by Gasteiger charge is 2.71. The summed E-state index contributed by atoms with van der Waals surface area (Å²) in [4.78, 5) is 14.8. The molecule has 5 rings (SSSR count). The van der Waals surface area contributed by atoms with Gasteiger partial charge in [-0.05, 0) is 112 Å². The summed E-state index contributed by atoms with van der Waals surface area (Å²) < 4.78 is 5.71. The van der Waals surface area contributed by atoms with E-state index in [0.29, 0.717) is 29.4 Å². The van der Waals surface area contributed by atoms with Gasteiger partial charge in [-0.2, -0.15) is 0 Å². The van der Waals surface area contributed by atoms with Crippen molar-refractivity contribution in [2.45, 2.75) is 134 Å². The molecule has 0 radical (unpaired) electrons. The Kier molecular flexibility index (Phi) is 9.51. The molecule has 2 N–H and O–H groups in total. The van der Waals surface area contributed by atoms with Gasteiger partial charge in [0.15, 0.2) is 0 Å². The minimum atomic E-state index is -1.02. The van der Waals surface area contributed by atoms with E-state index in [-0.39, 0.29) is 23.9 Å². The molecule has 0 bridgehead atoms. The number of esters is 1. The lowest BCUT2D eigenvalue weighted by Gasteiger charge is -2.56. The van der Waals surface area contributed by atoms with Gasteiger partial charge in [-0.15, -0.1) is 0 Å². The number of phenols is 1. The molecule has 1 unspecified atom stereocenters. The van der Waals surface area contributed by atoms with E-state index in [1.165, 1.54) is 94.8 Å². The molecule has 4 aliphatic rings. The van der Waals surface area contributed by atoms with Crippen LogP contribution in [0.25, 0.3) is 0 Å². The quantitative estimate of drug-likeness (QED) is 0.186. The highest BCUT2D eigenvalue weighted by Crippen LogP contribution is 2.68. The van der Waals surface area contributed by atoms with Crippen LogP contribution in [0, 0.1) is 23.2 Å². The third-order valence-electron chi connectivity index (χ3n) is 11.7. The summed E-state index contributed by atoms with van der Waals surface area (Å²) in [6, 6.07) is 6.03. The summed E-state index contributed by atoms with van der Waals surface area (Å²) in [5.41, 5.74) is 1.44. The third-order valence-corrected chi connectivity index (χ3v) is 11.7. The number of nitrogens with zero attached hydrogens (tertiary/aromatic N) is 1. The average molecular weight is 554 g/mol. The summed E-state index contributed by atoms with van der Waals surface area (Å²) in [7, 11) is 2.28. The average Bonchev–Trinajstić information content (AvgIpc) is 3.33. The molecule has 2 saturated carbocycles. The predicted octanol–water partition coefficient (Wildman–Crippen LogP) is 7.37. The Morgan fingerprint density at radius 3 is 2.48 bits per heavy atom. The number of benzene rings is 1. The van der Waals surface area contributed by atoms with Gasteiger partial charge in [0.2, 0.25) is 0 Å². The molecular weight excluding hydrogens is 498 g/mol. The zero-order valence-electron chi connectivity index (χ0n) is 25.5. The number of carbonyl (C=O) groups is 1. The number of fused-ring (bicyclic) bond motifs is 7. The van der Waals surface area contributed by atoms with Gasteiger partial charge in [-0.1, -0.05) is 71.3 Å². The second-order valence-corrected chi connectivity index (χ2v) is 14.2. The highest BCUT2D eigenvalue weighted by molar-refractivity contribution is 5.74. The maximum absolute atomic E-state index is 12.3. The van der Waals surface area contributed by atoms with Crippen LogP contribution in [0.3, 0.4) is 0 Å². The van der Waals surface area contributed by atoms with Crippen molar-refractivity contribution in [1.82, 2.24) is 4.90 Å². The molecule has 0 amide bonds. The largest absolute Gasteiger partial charge is 0.508 e. The fraction of sp³-hybridized carbons (Fsp3) is 0.800. The maximum Gasteiger partial charge on any atom is 0.309 e. The van der Waals surface area contributed by atoms with Crippen LogP contribution < -0.4 is 0 Å². The van der Waals surface area contributed by atoms with E-state index in [0.717, 1.165) is 25.7 Å². The molecule has 3 fully saturated rings. The molecule has 5 heteroatoms. The van der Waals surface area contributed by atoms with Crippen LogP contribution in [-0.4, -0.2) is 52.9 Å². The minimum absolute atomic E-state index is 0.157. The van der Waals surface area contributed by atoms with Gasteiger partial charge in [0.05, 0.1) is 6.42 Å². The lowest BCUT2D eigenvalue weighted by atomic mass is 9.49. The molecule has 3 aliphatic carbocycles. The van der Waals surface area contributed by atoms with Gasteiger partial charge >= 0.3 is 5.97 Å². The first-order valence-corrected chi connectivity index (χ1v) is 16.7. The fourth-order valence-electron chi connectivity index (χ4n) is 9.52. The molecule has 7 atom stereocenters. The SMILES string of the molecule is CCCCCCCCCN(C)CCCCC[C@H]1C[C@@]2(C)[C@@H](CC3OC(=O)C[C@@]32O)[C@@H]2CCc3cc(O)ccc3[C@@H]12. The van der Waals surface area contributed by atoms with Gasteiger partial charge in [0.1, 0.15) is 17.5 Å². The van der Waals surface area contributed by atoms with Gasteiger partial charge in [-0.25, -0.2) is 0 Å². The van der Waals surface area contributed by atoms with E-state index in [9.17, 15) is 15.0 Å². The van der Waals surface area contributed by atoms with E-state index in [1.54, 1.807) is 0 Å². The first-order valence-electron chi connectivity index (χ1n) is 16.7. The van der Waals surface area contributed by atoms with Crippen molar-refractivity contribution in [3.63, 3.8) is 0 Å². The standard InChI is InChI=1S/C35H55NO4/c1-4-5-6-7-8-9-12-19-36(3)20-13-10-11-14-26-23-34(2)30(22-31-35(34,39)24-32(38)40-31)29-17-15-25-21-27(37)16-18-28(25)33(26)29/h16,18,21,26,29-31,33,37,39H,4-15,17,19-20,22-24H2,1-3H3/t26-,29-,30-,31?,33+,34-,35+/m0/s1. The molecule has 0 aromatic heterocycles. The Morgan fingerprint density at radius 2 is 1.73 bits per heavy atom. The van der Waals surface area contributed by atoms with Crippen LogP contribution in [0.4, 0.5) is 0 Å². The molecule has 40 heavy (non-hydrogen) atoms. The van der Waals surface area contributed by atoms with E-state index < -0.39 is 5.60 Å². The number of hydrogen-bond acceptors (Lipinski definition) is 5. The van der Waals surface area contributed by atoms with E-state index in [1.807, 2.05) is 12.1 Å². The lowest BCUT2D eigenvalue weighted by molar-refractivity contribution is -0.142. The summed E-state index contributed by atoms with van der Waals surface area (Å²) in [5.74, 6) is 1.98. The van der Waals surface area contributed by atoms with Crippen molar-refractivity contribution < 1.29 is 19.7 Å². The van der Waals surface area contributed by atoms with Gasteiger partial charge in [0.25, 0.3) is 0 Å². The molecule has 5 nitrogen and oxygen atoms in total. The third kappa shape index (κ3) is 5.84. The Hall–Kier alpha value is -1.59. The van der Waals surface area contributed by atoms with Gasteiger partial charge in [0, 0.05) is 5.41 Å². The fourth-order valence-corrected chi connectivity index (χ4v) is 9.52. The van der Waals surface area contributed by atoms with Crippen molar-refractivity contribution in [2.24, 2.45) is 23.2 Å². The Balaban J connectivity index is 1.18. The number of ether oxygens (including phenoxy) is 1. The van der Waals surface area contributed by atoms with E-state index in [2.05, 4.69) is 31.9 Å². The monoisotopic (exact) mass is 553 g/mol. The molecule has 224 valence electrons. The zero-order chi connectivity index (χ0) is 28.3. The number of aryl methyl sites for hydroxylation is 1. The smallest absolute Gasteiger partial charge is 0.309 e. The van der Waals surface area contributed by atoms with Crippen molar-refractivity contribution in [2.75, 3.05) is 20.1 Å². The van der Waals surface area contributed by atoms with Crippen molar-refractivity contribution in [3.8, 4) is 5.75 Å². The van der Waals surface area contributed by atoms with Crippen LogP contribution in [0.15, 0.2) is 18.2 Å². The van der Waals surface area contributed by atoms with E-state index >= 15 is 0 Å². The number of rotatable bonds is 14. The van der Waals surface area contributed by atoms with Crippen LogP contribution >= 0.6 is 0 Å². The lowest BCUT2D eigenvalue weighted by Crippen LogP contribution is -2.54. The summed E-state index contributed by atoms with van der Waals surface area (Å²) >= 11 is 0.